The summed E-state index contributed by atoms with van der Waals surface area (Å²) in [6, 6.07) is 5.66. The van der Waals surface area contributed by atoms with Crippen molar-refractivity contribution >= 4 is 23.0 Å². The van der Waals surface area contributed by atoms with Crippen molar-refractivity contribution < 1.29 is 5.11 Å². The fourth-order valence-electron chi connectivity index (χ4n) is 1.91. The fraction of sp³-hybridized carbons (Fsp3) is 0.455. The Balaban J connectivity index is 2.19. The lowest BCUT2D eigenvalue weighted by atomic mass is 10.1. The molecular weight excluding hydrogens is 212 g/mol. The first kappa shape index (κ1) is 10.6. The topological polar surface area (TPSA) is 49.5 Å². The van der Waals surface area contributed by atoms with Crippen molar-refractivity contribution in [2.45, 2.75) is 18.9 Å². The number of para-hydroxylation sites is 1. The number of halogens is 1. The molecule has 2 rings (SSSR count). The molecule has 1 saturated heterocycles. The average molecular weight is 227 g/mol. The molecule has 4 heteroatoms. The molecule has 1 aromatic carbocycles. The number of anilines is 2. The Kier molecular flexibility index (Phi) is 3.03. The van der Waals surface area contributed by atoms with Gasteiger partial charge in [-0.25, -0.2) is 0 Å². The van der Waals surface area contributed by atoms with E-state index in [1.165, 1.54) is 0 Å². The van der Waals surface area contributed by atoms with Crippen molar-refractivity contribution in [1.29, 1.82) is 0 Å². The minimum absolute atomic E-state index is 0.165. The monoisotopic (exact) mass is 226 g/mol. The number of aliphatic hydroxyl groups excluding tert-OH is 1. The van der Waals surface area contributed by atoms with Crippen LogP contribution in [-0.2, 0) is 0 Å². The van der Waals surface area contributed by atoms with Crippen LogP contribution in [0.5, 0.6) is 0 Å². The van der Waals surface area contributed by atoms with Gasteiger partial charge in [0.2, 0.25) is 0 Å². The standard InChI is InChI=1S/C11H15ClN2O/c12-9-2-1-3-10(11(9)13)14-6-4-8(15)5-7-14/h1-3,8,15H,4-7,13H2. The molecule has 15 heavy (non-hydrogen) atoms. The molecule has 1 fully saturated rings. The van der Waals surface area contributed by atoms with E-state index in [2.05, 4.69) is 4.90 Å². The Morgan fingerprint density at radius 2 is 2.00 bits per heavy atom. The second-order valence-corrected chi connectivity index (χ2v) is 4.30. The average Bonchev–Trinajstić information content (AvgIpc) is 2.24. The lowest BCUT2D eigenvalue weighted by molar-refractivity contribution is 0.145. The first-order chi connectivity index (χ1) is 7.18. The zero-order valence-corrected chi connectivity index (χ0v) is 9.24. The van der Waals surface area contributed by atoms with E-state index in [9.17, 15) is 5.11 Å². The second kappa shape index (κ2) is 4.29. The molecule has 0 atom stereocenters. The van der Waals surface area contributed by atoms with Crippen LogP contribution in [0.3, 0.4) is 0 Å². The Bertz CT molecular complexity index is 348. The normalized spacial score (nSPS) is 18.1. The summed E-state index contributed by atoms with van der Waals surface area (Å²) < 4.78 is 0. The Morgan fingerprint density at radius 3 is 2.67 bits per heavy atom. The van der Waals surface area contributed by atoms with E-state index >= 15 is 0 Å². The largest absolute Gasteiger partial charge is 0.396 e. The molecule has 0 bridgehead atoms. The number of hydrogen-bond acceptors (Lipinski definition) is 3. The zero-order valence-electron chi connectivity index (χ0n) is 8.49. The summed E-state index contributed by atoms with van der Waals surface area (Å²) in [7, 11) is 0. The van der Waals surface area contributed by atoms with Crippen LogP contribution in [0.4, 0.5) is 11.4 Å². The van der Waals surface area contributed by atoms with E-state index in [1.807, 2.05) is 12.1 Å². The summed E-state index contributed by atoms with van der Waals surface area (Å²) in [4.78, 5) is 2.17. The van der Waals surface area contributed by atoms with Crippen molar-refractivity contribution in [2.24, 2.45) is 0 Å². The van der Waals surface area contributed by atoms with Gasteiger partial charge in [-0.15, -0.1) is 0 Å². The predicted octanol–water partition coefficient (Wildman–Crippen LogP) is 1.88. The van der Waals surface area contributed by atoms with Crippen LogP contribution in [0, 0.1) is 0 Å². The van der Waals surface area contributed by atoms with Crippen molar-refractivity contribution in [3.8, 4) is 0 Å². The maximum absolute atomic E-state index is 9.41. The van der Waals surface area contributed by atoms with Crippen LogP contribution in [0.1, 0.15) is 12.8 Å². The molecule has 0 spiro atoms. The first-order valence-electron chi connectivity index (χ1n) is 5.15. The molecule has 1 aromatic rings. The third-order valence-electron chi connectivity index (χ3n) is 2.84. The first-order valence-corrected chi connectivity index (χ1v) is 5.53. The van der Waals surface area contributed by atoms with Gasteiger partial charge >= 0.3 is 0 Å². The molecule has 1 aliphatic rings. The quantitative estimate of drug-likeness (QED) is 0.719. The van der Waals surface area contributed by atoms with Gasteiger partial charge in [-0.1, -0.05) is 17.7 Å². The van der Waals surface area contributed by atoms with Crippen molar-refractivity contribution in [2.75, 3.05) is 23.7 Å². The zero-order chi connectivity index (χ0) is 10.8. The minimum Gasteiger partial charge on any atom is -0.396 e. The van der Waals surface area contributed by atoms with Gasteiger partial charge in [0.25, 0.3) is 0 Å². The van der Waals surface area contributed by atoms with Gasteiger partial charge in [0.05, 0.1) is 22.5 Å². The van der Waals surface area contributed by atoms with Gasteiger partial charge in [-0.2, -0.15) is 0 Å². The highest BCUT2D eigenvalue weighted by atomic mass is 35.5. The van der Waals surface area contributed by atoms with Crippen LogP contribution in [-0.4, -0.2) is 24.3 Å². The lowest BCUT2D eigenvalue weighted by Crippen LogP contribution is -2.36. The van der Waals surface area contributed by atoms with Gasteiger partial charge in [0.1, 0.15) is 0 Å². The molecule has 0 saturated carbocycles. The number of hydrogen-bond donors (Lipinski definition) is 2. The van der Waals surface area contributed by atoms with Gasteiger partial charge in [-0.05, 0) is 25.0 Å². The molecule has 0 aliphatic carbocycles. The van der Waals surface area contributed by atoms with Crippen LogP contribution >= 0.6 is 11.6 Å². The van der Waals surface area contributed by atoms with Gasteiger partial charge in [0.15, 0.2) is 0 Å². The highest BCUT2D eigenvalue weighted by Gasteiger charge is 2.19. The lowest BCUT2D eigenvalue weighted by Gasteiger charge is -2.32. The Hall–Kier alpha value is -0.930. The van der Waals surface area contributed by atoms with Crippen molar-refractivity contribution in [1.82, 2.24) is 0 Å². The number of piperidine rings is 1. The Morgan fingerprint density at radius 1 is 1.33 bits per heavy atom. The maximum atomic E-state index is 9.41. The summed E-state index contributed by atoms with van der Waals surface area (Å²) in [5.41, 5.74) is 7.53. The van der Waals surface area contributed by atoms with E-state index in [4.69, 9.17) is 17.3 Å². The SMILES string of the molecule is Nc1c(Cl)cccc1N1CCC(O)CC1. The van der Waals surface area contributed by atoms with E-state index in [-0.39, 0.29) is 6.10 Å². The van der Waals surface area contributed by atoms with Crippen LogP contribution < -0.4 is 10.6 Å². The van der Waals surface area contributed by atoms with Crippen molar-refractivity contribution in [3.63, 3.8) is 0 Å². The molecule has 82 valence electrons. The number of aliphatic hydroxyl groups is 1. The van der Waals surface area contributed by atoms with Gasteiger partial charge in [0, 0.05) is 13.1 Å². The summed E-state index contributed by atoms with van der Waals surface area (Å²) in [6.07, 6.45) is 1.43. The van der Waals surface area contributed by atoms with Crippen LogP contribution in [0.2, 0.25) is 5.02 Å². The number of rotatable bonds is 1. The molecule has 0 amide bonds. The summed E-state index contributed by atoms with van der Waals surface area (Å²) in [6.45, 7) is 1.68. The van der Waals surface area contributed by atoms with Crippen LogP contribution in [0.15, 0.2) is 18.2 Å². The van der Waals surface area contributed by atoms with Gasteiger partial charge < -0.3 is 15.7 Å². The predicted molar refractivity (Wildman–Crippen MR) is 63.3 cm³/mol. The smallest absolute Gasteiger partial charge is 0.0741 e. The molecule has 3 nitrogen and oxygen atoms in total. The molecule has 1 heterocycles. The van der Waals surface area contributed by atoms with Crippen molar-refractivity contribution in [3.05, 3.63) is 23.2 Å². The number of nitrogens with zero attached hydrogens (tertiary/aromatic N) is 1. The highest BCUT2D eigenvalue weighted by molar-refractivity contribution is 6.33. The van der Waals surface area contributed by atoms with Gasteiger partial charge in [-0.3, -0.25) is 0 Å². The third-order valence-corrected chi connectivity index (χ3v) is 3.16. The summed E-state index contributed by atoms with van der Waals surface area (Å²) in [5, 5.41) is 10.0. The van der Waals surface area contributed by atoms with E-state index in [1.54, 1.807) is 6.07 Å². The second-order valence-electron chi connectivity index (χ2n) is 3.89. The van der Waals surface area contributed by atoms with E-state index in [0.29, 0.717) is 10.7 Å². The maximum Gasteiger partial charge on any atom is 0.0741 e. The molecule has 0 aromatic heterocycles. The summed E-state index contributed by atoms with van der Waals surface area (Å²) >= 11 is 5.96. The molecule has 3 N–H and O–H groups in total. The highest BCUT2D eigenvalue weighted by Crippen LogP contribution is 2.31. The molecular formula is C11H15ClN2O. The molecule has 1 aliphatic heterocycles. The third kappa shape index (κ3) is 2.19. The fourth-order valence-corrected chi connectivity index (χ4v) is 2.08. The molecule has 0 unspecified atom stereocenters. The number of benzene rings is 1. The minimum atomic E-state index is -0.165. The van der Waals surface area contributed by atoms with E-state index < -0.39 is 0 Å². The Labute approximate surface area is 94.4 Å². The molecule has 0 radical (unpaired) electrons. The van der Waals surface area contributed by atoms with E-state index in [0.717, 1.165) is 31.6 Å². The number of nitrogens with two attached hydrogens (primary N) is 1. The summed E-state index contributed by atoms with van der Waals surface area (Å²) in [5.74, 6) is 0. The van der Waals surface area contributed by atoms with Crippen LogP contribution in [0.25, 0.3) is 0 Å². The number of nitrogen functional groups attached to an aromatic ring is 1.